The van der Waals surface area contributed by atoms with E-state index in [0.29, 0.717) is 5.39 Å². The molecule has 0 aliphatic heterocycles. The van der Waals surface area contributed by atoms with Crippen molar-refractivity contribution in [2.75, 3.05) is 7.11 Å². The van der Waals surface area contributed by atoms with Crippen LogP contribution in [0.1, 0.15) is 18.6 Å². The van der Waals surface area contributed by atoms with E-state index >= 15 is 0 Å². The maximum absolute atomic E-state index is 11.8. The van der Waals surface area contributed by atoms with Gasteiger partial charge in [-0.05, 0) is 24.6 Å². The molecule has 1 N–H and O–H groups in total. The van der Waals surface area contributed by atoms with E-state index in [1.54, 1.807) is 13.2 Å². The number of fused-ring (bicyclic) bond motifs is 1. The number of methoxy groups -OCH3 is 1. The molecule has 1 atom stereocenters. The molecule has 0 fully saturated rings. The van der Waals surface area contributed by atoms with Crippen molar-refractivity contribution in [1.29, 1.82) is 0 Å². The van der Waals surface area contributed by atoms with E-state index in [-0.39, 0.29) is 11.7 Å². The minimum Gasteiger partial charge on any atom is -0.377 e. The van der Waals surface area contributed by atoms with Crippen LogP contribution in [0.3, 0.4) is 0 Å². The van der Waals surface area contributed by atoms with Gasteiger partial charge in [0, 0.05) is 18.1 Å². The Hall–Kier alpha value is -2.46. The van der Waals surface area contributed by atoms with E-state index in [1.807, 2.05) is 49.4 Å². The summed E-state index contributed by atoms with van der Waals surface area (Å²) >= 11 is 0. The Labute approximate surface area is 122 Å². The largest absolute Gasteiger partial charge is 0.377 e. The second-order valence-electron chi connectivity index (χ2n) is 4.95. The first-order valence-electron chi connectivity index (χ1n) is 6.81. The summed E-state index contributed by atoms with van der Waals surface area (Å²) in [5.41, 5.74) is 2.64. The van der Waals surface area contributed by atoms with Crippen LogP contribution < -0.4 is 5.56 Å². The fourth-order valence-electron chi connectivity index (χ4n) is 2.41. The summed E-state index contributed by atoms with van der Waals surface area (Å²) in [5.74, 6) is 0. The molecule has 0 radical (unpaired) electrons. The summed E-state index contributed by atoms with van der Waals surface area (Å²) < 4.78 is 5.36. The highest BCUT2D eigenvalue weighted by Gasteiger charge is 2.10. The fourth-order valence-corrected chi connectivity index (χ4v) is 2.41. The Morgan fingerprint density at radius 2 is 1.86 bits per heavy atom. The van der Waals surface area contributed by atoms with Crippen LogP contribution >= 0.6 is 0 Å². The molecule has 0 saturated carbocycles. The van der Waals surface area contributed by atoms with Crippen molar-refractivity contribution >= 4 is 10.8 Å². The van der Waals surface area contributed by atoms with Crippen molar-refractivity contribution in [1.82, 2.24) is 10.2 Å². The average Bonchev–Trinajstić information content (AvgIpc) is 2.55. The SMILES string of the molecule is CO[C@H](C)c1cccc(-c2n[nH]c(=O)c3ccccc23)c1. The minimum atomic E-state index is -0.171. The number of benzene rings is 2. The molecule has 0 aliphatic carbocycles. The van der Waals surface area contributed by atoms with Gasteiger partial charge in [0.15, 0.2) is 0 Å². The van der Waals surface area contributed by atoms with Crippen LogP contribution in [0, 0.1) is 0 Å². The second kappa shape index (κ2) is 5.50. The number of H-pyrrole nitrogens is 1. The molecule has 0 bridgehead atoms. The van der Waals surface area contributed by atoms with Crippen molar-refractivity contribution in [3.05, 3.63) is 64.4 Å². The Morgan fingerprint density at radius 1 is 1.10 bits per heavy atom. The Morgan fingerprint density at radius 3 is 2.62 bits per heavy atom. The number of aromatic nitrogens is 2. The van der Waals surface area contributed by atoms with Crippen molar-refractivity contribution in [3.8, 4) is 11.3 Å². The third-order valence-electron chi connectivity index (χ3n) is 3.68. The number of nitrogens with zero attached hydrogens (tertiary/aromatic N) is 1. The fraction of sp³-hybridized carbons (Fsp3) is 0.176. The molecule has 2 aromatic carbocycles. The molecule has 4 heteroatoms. The standard InChI is InChI=1S/C17H16N2O2/c1-11(21-2)12-6-5-7-13(10-12)16-14-8-3-4-9-15(14)17(20)19-18-16/h3-11H,1-2H3,(H,19,20)/t11-/m1/s1. The van der Waals surface area contributed by atoms with Crippen molar-refractivity contribution in [2.45, 2.75) is 13.0 Å². The van der Waals surface area contributed by atoms with Crippen LogP contribution in [0.15, 0.2) is 53.3 Å². The number of aromatic amines is 1. The number of nitrogens with one attached hydrogen (secondary N) is 1. The summed E-state index contributed by atoms with van der Waals surface area (Å²) in [6.45, 7) is 2.00. The maximum Gasteiger partial charge on any atom is 0.272 e. The van der Waals surface area contributed by atoms with Crippen molar-refractivity contribution < 1.29 is 4.74 Å². The molecule has 4 nitrogen and oxygen atoms in total. The number of hydrogen-bond acceptors (Lipinski definition) is 3. The van der Waals surface area contributed by atoms with Crippen LogP contribution in [-0.4, -0.2) is 17.3 Å². The van der Waals surface area contributed by atoms with E-state index in [1.165, 1.54) is 0 Å². The monoisotopic (exact) mass is 280 g/mol. The van der Waals surface area contributed by atoms with Crippen LogP contribution in [-0.2, 0) is 4.74 Å². The smallest absolute Gasteiger partial charge is 0.272 e. The molecule has 3 rings (SSSR count). The van der Waals surface area contributed by atoms with Gasteiger partial charge in [-0.2, -0.15) is 5.10 Å². The predicted octanol–water partition coefficient (Wildman–Crippen LogP) is 3.30. The molecule has 0 amide bonds. The van der Waals surface area contributed by atoms with E-state index in [9.17, 15) is 4.79 Å². The zero-order valence-electron chi connectivity index (χ0n) is 12.0. The van der Waals surface area contributed by atoms with Gasteiger partial charge in [-0.3, -0.25) is 4.79 Å². The van der Waals surface area contributed by atoms with Crippen LogP contribution in [0.5, 0.6) is 0 Å². The maximum atomic E-state index is 11.8. The Kier molecular flexibility index (Phi) is 3.54. The number of ether oxygens (including phenoxy) is 1. The van der Waals surface area contributed by atoms with E-state index < -0.39 is 0 Å². The van der Waals surface area contributed by atoms with E-state index in [4.69, 9.17) is 4.74 Å². The Balaban J connectivity index is 2.22. The third-order valence-corrected chi connectivity index (χ3v) is 3.68. The lowest BCUT2D eigenvalue weighted by Gasteiger charge is -2.11. The van der Waals surface area contributed by atoms with Gasteiger partial charge in [0.05, 0.1) is 17.2 Å². The van der Waals surface area contributed by atoms with E-state index in [2.05, 4.69) is 10.2 Å². The van der Waals surface area contributed by atoms with Gasteiger partial charge in [0.25, 0.3) is 5.56 Å². The number of rotatable bonds is 3. The quantitative estimate of drug-likeness (QED) is 0.801. The zero-order valence-corrected chi connectivity index (χ0v) is 12.0. The predicted molar refractivity (Wildman–Crippen MR) is 83.2 cm³/mol. The molecule has 21 heavy (non-hydrogen) atoms. The summed E-state index contributed by atoms with van der Waals surface area (Å²) in [5, 5.41) is 8.29. The highest BCUT2D eigenvalue weighted by Crippen LogP contribution is 2.27. The normalized spacial score (nSPS) is 12.5. The van der Waals surface area contributed by atoms with Crippen LogP contribution in [0.2, 0.25) is 0 Å². The molecule has 106 valence electrons. The molecule has 3 aromatic rings. The van der Waals surface area contributed by atoms with Crippen molar-refractivity contribution in [3.63, 3.8) is 0 Å². The summed E-state index contributed by atoms with van der Waals surface area (Å²) in [7, 11) is 1.69. The summed E-state index contributed by atoms with van der Waals surface area (Å²) in [6, 6.07) is 15.5. The molecular formula is C17H16N2O2. The highest BCUT2D eigenvalue weighted by atomic mass is 16.5. The molecule has 1 aromatic heterocycles. The van der Waals surface area contributed by atoms with Crippen LogP contribution in [0.25, 0.3) is 22.0 Å². The molecule has 0 unspecified atom stereocenters. The molecule has 0 saturated heterocycles. The average molecular weight is 280 g/mol. The summed E-state index contributed by atoms with van der Waals surface area (Å²) in [6.07, 6.45) is 0.0129. The second-order valence-corrected chi connectivity index (χ2v) is 4.95. The molecule has 0 spiro atoms. The lowest BCUT2D eigenvalue weighted by Crippen LogP contribution is -2.09. The van der Waals surface area contributed by atoms with Crippen molar-refractivity contribution in [2.24, 2.45) is 0 Å². The van der Waals surface area contributed by atoms with Crippen LogP contribution in [0.4, 0.5) is 0 Å². The molecular weight excluding hydrogens is 264 g/mol. The minimum absolute atomic E-state index is 0.0129. The Bertz CT molecular complexity index is 839. The summed E-state index contributed by atoms with van der Waals surface area (Å²) in [4.78, 5) is 11.8. The molecule has 1 heterocycles. The number of hydrogen-bond donors (Lipinski definition) is 1. The first-order valence-corrected chi connectivity index (χ1v) is 6.81. The van der Waals surface area contributed by atoms with Gasteiger partial charge in [-0.15, -0.1) is 0 Å². The third kappa shape index (κ3) is 2.45. The molecule has 0 aliphatic rings. The first-order chi connectivity index (χ1) is 10.2. The highest BCUT2D eigenvalue weighted by molar-refractivity contribution is 5.93. The van der Waals surface area contributed by atoms with E-state index in [0.717, 1.165) is 22.2 Å². The van der Waals surface area contributed by atoms with Gasteiger partial charge in [-0.1, -0.05) is 36.4 Å². The van der Waals surface area contributed by atoms with Gasteiger partial charge < -0.3 is 4.74 Å². The van der Waals surface area contributed by atoms with Gasteiger partial charge in [-0.25, -0.2) is 5.10 Å². The van der Waals surface area contributed by atoms with Gasteiger partial charge in [0.1, 0.15) is 0 Å². The van der Waals surface area contributed by atoms with Gasteiger partial charge >= 0.3 is 0 Å². The lowest BCUT2D eigenvalue weighted by molar-refractivity contribution is 0.119. The van der Waals surface area contributed by atoms with Gasteiger partial charge in [0.2, 0.25) is 0 Å². The lowest BCUT2D eigenvalue weighted by atomic mass is 10.0. The zero-order chi connectivity index (χ0) is 14.8. The first kappa shape index (κ1) is 13.5. The topological polar surface area (TPSA) is 55.0 Å².